The zero-order valence-electron chi connectivity index (χ0n) is 13.9. The number of rotatable bonds is 5. The van der Waals surface area contributed by atoms with Crippen molar-refractivity contribution in [2.75, 3.05) is 12.3 Å². The minimum atomic E-state index is -0.0997. The van der Waals surface area contributed by atoms with Crippen LogP contribution < -0.4 is 5.32 Å². The summed E-state index contributed by atoms with van der Waals surface area (Å²) in [6.45, 7) is 4.43. The number of hydrogen-bond acceptors (Lipinski definition) is 5. The average molecular weight is 341 g/mol. The molecule has 1 aromatic carbocycles. The smallest absolute Gasteiger partial charge is 0.251 e. The van der Waals surface area contributed by atoms with E-state index in [0.717, 1.165) is 33.3 Å². The van der Waals surface area contributed by atoms with Gasteiger partial charge in [-0.2, -0.15) is 0 Å². The maximum absolute atomic E-state index is 12.3. The van der Waals surface area contributed by atoms with Crippen molar-refractivity contribution >= 4 is 28.7 Å². The van der Waals surface area contributed by atoms with E-state index in [1.807, 2.05) is 37.7 Å². The molecule has 0 atom stereocenters. The molecule has 0 saturated heterocycles. The molecule has 0 spiro atoms. The van der Waals surface area contributed by atoms with Crippen molar-refractivity contribution in [3.05, 3.63) is 47.5 Å². The zero-order chi connectivity index (χ0) is 17.1. The van der Waals surface area contributed by atoms with Crippen LogP contribution in [0.25, 0.3) is 11.0 Å². The number of carbonyl (C=O) groups excluding carboxylic acids is 1. The lowest BCUT2D eigenvalue weighted by atomic mass is 10.1. The molecule has 124 valence electrons. The predicted octanol–water partition coefficient (Wildman–Crippen LogP) is 2.50. The predicted molar refractivity (Wildman–Crippen MR) is 95.3 cm³/mol. The third kappa shape index (κ3) is 3.56. The van der Waals surface area contributed by atoms with Crippen LogP contribution >= 0.6 is 11.8 Å². The number of nitrogens with zero attached hydrogens (tertiary/aromatic N) is 4. The van der Waals surface area contributed by atoms with E-state index >= 15 is 0 Å². The quantitative estimate of drug-likeness (QED) is 0.570. The Bertz CT molecular complexity index is 890. The van der Waals surface area contributed by atoms with E-state index < -0.39 is 0 Å². The van der Waals surface area contributed by atoms with Crippen molar-refractivity contribution < 1.29 is 4.79 Å². The Morgan fingerprint density at radius 3 is 2.67 bits per heavy atom. The van der Waals surface area contributed by atoms with Crippen molar-refractivity contribution in [3.63, 3.8) is 0 Å². The van der Waals surface area contributed by atoms with Gasteiger partial charge in [0.05, 0.1) is 22.4 Å². The molecule has 0 aliphatic rings. The first-order valence-electron chi connectivity index (χ1n) is 7.68. The number of hydrogen-bond donors (Lipinski definition) is 1. The Hall–Kier alpha value is -2.41. The lowest BCUT2D eigenvalue weighted by Gasteiger charge is -2.07. The lowest BCUT2D eigenvalue weighted by molar-refractivity contribution is 0.0956. The van der Waals surface area contributed by atoms with Gasteiger partial charge in [0.2, 0.25) is 0 Å². The van der Waals surface area contributed by atoms with Gasteiger partial charge in [-0.15, -0.1) is 0 Å². The number of aryl methyl sites for hydroxylation is 3. The van der Waals surface area contributed by atoms with E-state index in [0.29, 0.717) is 12.1 Å². The second-order valence-corrected chi connectivity index (χ2v) is 6.59. The van der Waals surface area contributed by atoms with Gasteiger partial charge in [0, 0.05) is 37.3 Å². The Kier molecular flexibility index (Phi) is 4.80. The van der Waals surface area contributed by atoms with Gasteiger partial charge in [-0.3, -0.25) is 4.79 Å². The summed E-state index contributed by atoms with van der Waals surface area (Å²) >= 11 is 1.61. The molecule has 1 amide bonds. The molecule has 1 N–H and O–H groups in total. The second kappa shape index (κ2) is 7.00. The molecule has 6 nitrogen and oxygen atoms in total. The van der Waals surface area contributed by atoms with Crippen molar-refractivity contribution in [2.24, 2.45) is 7.05 Å². The summed E-state index contributed by atoms with van der Waals surface area (Å²) in [6, 6.07) is 5.41. The number of benzene rings is 1. The largest absolute Gasteiger partial charge is 0.351 e. The molecule has 0 radical (unpaired) electrons. The molecular formula is C17H19N5OS. The lowest BCUT2D eigenvalue weighted by Crippen LogP contribution is -2.25. The summed E-state index contributed by atoms with van der Waals surface area (Å²) < 4.78 is 1.96. The fourth-order valence-electron chi connectivity index (χ4n) is 2.27. The first-order valence-corrected chi connectivity index (χ1v) is 8.66. The van der Waals surface area contributed by atoms with E-state index in [-0.39, 0.29) is 5.91 Å². The maximum atomic E-state index is 12.3. The number of amides is 1. The highest BCUT2D eigenvalue weighted by Gasteiger charge is 2.09. The summed E-state index contributed by atoms with van der Waals surface area (Å²) in [5.74, 6) is 0.666. The van der Waals surface area contributed by atoms with Gasteiger partial charge >= 0.3 is 0 Å². The summed E-state index contributed by atoms with van der Waals surface area (Å²) in [5.41, 5.74) is 3.94. The van der Waals surface area contributed by atoms with Crippen LogP contribution in [0.1, 0.15) is 21.7 Å². The van der Waals surface area contributed by atoms with Gasteiger partial charge in [0.25, 0.3) is 5.91 Å². The van der Waals surface area contributed by atoms with Gasteiger partial charge < -0.3 is 9.88 Å². The highest BCUT2D eigenvalue weighted by molar-refractivity contribution is 7.99. The maximum Gasteiger partial charge on any atom is 0.251 e. The number of aromatic nitrogens is 4. The number of fused-ring (bicyclic) bond motifs is 1. The Morgan fingerprint density at radius 2 is 1.96 bits per heavy atom. The minimum absolute atomic E-state index is 0.0997. The summed E-state index contributed by atoms with van der Waals surface area (Å²) in [6.07, 6.45) is 3.67. The zero-order valence-corrected chi connectivity index (χ0v) is 14.7. The molecule has 24 heavy (non-hydrogen) atoms. The van der Waals surface area contributed by atoms with Crippen LogP contribution in [0.15, 0.2) is 35.7 Å². The molecule has 2 aromatic heterocycles. The van der Waals surface area contributed by atoms with Crippen LogP contribution in [0.4, 0.5) is 0 Å². The molecule has 0 fully saturated rings. The first-order chi connectivity index (χ1) is 11.5. The Balaban J connectivity index is 1.61. The summed E-state index contributed by atoms with van der Waals surface area (Å²) in [5, 5.41) is 3.87. The van der Waals surface area contributed by atoms with Crippen molar-refractivity contribution in [3.8, 4) is 0 Å². The minimum Gasteiger partial charge on any atom is -0.351 e. The van der Waals surface area contributed by atoms with Gasteiger partial charge in [-0.1, -0.05) is 11.8 Å². The van der Waals surface area contributed by atoms with Gasteiger partial charge in [-0.05, 0) is 32.0 Å². The highest BCUT2D eigenvalue weighted by Crippen LogP contribution is 2.15. The molecule has 3 rings (SSSR count). The fourth-order valence-corrected chi connectivity index (χ4v) is 3.06. The molecule has 7 heteroatoms. The second-order valence-electron chi connectivity index (χ2n) is 5.52. The number of carbonyl (C=O) groups is 1. The Labute approximate surface area is 144 Å². The van der Waals surface area contributed by atoms with Gasteiger partial charge in [-0.25, -0.2) is 15.0 Å². The topological polar surface area (TPSA) is 72.7 Å². The van der Waals surface area contributed by atoms with Crippen LogP contribution in [0, 0.1) is 13.8 Å². The normalized spacial score (nSPS) is 11.0. The SMILES string of the molecule is Cc1nc2ccc(C(=O)NCCSc3nccn3C)cc2nc1C. The van der Waals surface area contributed by atoms with Crippen molar-refractivity contribution in [1.82, 2.24) is 24.8 Å². The summed E-state index contributed by atoms with van der Waals surface area (Å²) in [4.78, 5) is 25.5. The van der Waals surface area contributed by atoms with Crippen LogP contribution in [0.2, 0.25) is 0 Å². The average Bonchev–Trinajstić information content (AvgIpc) is 2.97. The van der Waals surface area contributed by atoms with Crippen LogP contribution in [0.5, 0.6) is 0 Å². The molecular weight excluding hydrogens is 322 g/mol. The van der Waals surface area contributed by atoms with E-state index in [2.05, 4.69) is 20.3 Å². The monoisotopic (exact) mass is 341 g/mol. The number of nitrogens with one attached hydrogen (secondary N) is 1. The molecule has 0 aliphatic carbocycles. The van der Waals surface area contributed by atoms with Crippen molar-refractivity contribution in [1.29, 1.82) is 0 Å². The van der Waals surface area contributed by atoms with E-state index in [1.54, 1.807) is 30.1 Å². The van der Waals surface area contributed by atoms with Crippen LogP contribution in [-0.2, 0) is 7.05 Å². The molecule has 2 heterocycles. The van der Waals surface area contributed by atoms with E-state index in [9.17, 15) is 4.79 Å². The van der Waals surface area contributed by atoms with E-state index in [1.165, 1.54) is 0 Å². The van der Waals surface area contributed by atoms with Crippen LogP contribution in [-0.4, -0.2) is 37.7 Å². The molecule has 0 unspecified atom stereocenters. The first kappa shape index (κ1) is 16.4. The standard InChI is InChI=1S/C17H19N5OS/c1-11-12(2)21-15-10-13(4-5-14(15)20-11)16(23)18-7-9-24-17-19-6-8-22(17)3/h4-6,8,10H,7,9H2,1-3H3,(H,18,23). The third-order valence-corrected chi connectivity index (χ3v) is 4.79. The Morgan fingerprint density at radius 1 is 1.21 bits per heavy atom. The highest BCUT2D eigenvalue weighted by atomic mass is 32.2. The summed E-state index contributed by atoms with van der Waals surface area (Å²) in [7, 11) is 1.95. The van der Waals surface area contributed by atoms with E-state index in [4.69, 9.17) is 0 Å². The molecule has 0 saturated carbocycles. The van der Waals surface area contributed by atoms with Crippen LogP contribution in [0.3, 0.4) is 0 Å². The molecule has 3 aromatic rings. The van der Waals surface area contributed by atoms with Gasteiger partial charge in [0.1, 0.15) is 0 Å². The number of thioether (sulfide) groups is 1. The molecule has 0 aliphatic heterocycles. The third-order valence-electron chi connectivity index (χ3n) is 3.73. The number of imidazole rings is 1. The molecule has 0 bridgehead atoms. The van der Waals surface area contributed by atoms with Gasteiger partial charge in [0.15, 0.2) is 5.16 Å². The van der Waals surface area contributed by atoms with Crippen molar-refractivity contribution in [2.45, 2.75) is 19.0 Å². The fraction of sp³-hybridized carbons (Fsp3) is 0.294.